The number of carbonyl (C=O) groups is 3. The van der Waals surface area contributed by atoms with Crippen molar-refractivity contribution in [3.63, 3.8) is 0 Å². The van der Waals surface area contributed by atoms with Gasteiger partial charge in [0, 0.05) is 37.4 Å². The molecule has 12 nitrogen and oxygen atoms in total. The van der Waals surface area contributed by atoms with Crippen LogP contribution in [-0.2, 0) is 32.7 Å². The van der Waals surface area contributed by atoms with Gasteiger partial charge in [0.1, 0.15) is 17.7 Å². The van der Waals surface area contributed by atoms with Gasteiger partial charge in [0.05, 0.1) is 0 Å². The SMILES string of the molecule is COP(=O)(OC)C1(N=[N+]=[N-])C(=O)N2C(C(=O)O)=C(COC(C)=O)CS[C@@H]21. The van der Waals surface area contributed by atoms with Crippen LogP contribution >= 0.6 is 19.4 Å². The van der Waals surface area contributed by atoms with Gasteiger partial charge in [-0.3, -0.25) is 19.1 Å². The van der Waals surface area contributed by atoms with Crippen LogP contribution < -0.4 is 0 Å². The summed E-state index contributed by atoms with van der Waals surface area (Å²) < 4.78 is 27.4. The Labute approximate surface area is 151 Å². The minimum Gasteiger partial charge on any atom is -0.477 e. The number of esters is 1. The third-order valence-electron chi connectivity index (χ3n) is 3.85. The van der Waals surface area contributed by atoms with Crippen molar-refractivity contribution >= 4 is 37.2 Å². The molecule has 1 saturated heterocycles. The Bertz CT molecular complexity index is 786. The van der Waals surface area contributed by atoms with Crippen LogP contribution in [0.1, 0.15) is 6.92 Å². The maximum absolute atomic E-state index is 12.9. The third-order valence-corrected chi connectivity index (χ3v) is 7.73. The molecule has 142 valence electrons. The van der Waals surface area contributed by atoms with Crippen LogP contribution in [0.2, 0.25) is 0 Å². The minimum absolute atomic E-state index is 0.0412. The first-order valence-electron chi connectivity index (χ1n) is 7.02. The summed E-state index contributed by atoms with van der Waals surface area (Å²) in [6.07, 6.45) is 0. The summed E-state index contributed by atoms with van der Waals surface area (Å²) in [5.74, 6) is -3.04. The predicted molar refractivity (Wildman–Crippen MR) is 87.9 cm³/mol. The molecule has 2 atom stereocenters. The minimum atomic E-state index is -4.22. The molecule has 0 aromatic carbocycles. The standard InChI is InChI=1S/C12H15N4O8PS/c1-6(17)24-4-7-5-26-11-12(14-15-13,25(21,22-2)23-3)10(20)16(11)8(7)9(18)19/h11H,4-5H2,1-3H3,(H,18,19)/t11-,12?/m1/s1. The number of carboxylic acid groups (broad SMARTS) is 1. The van der Waals surface area contributed by atoms with E-state index >= 15 is 0 Å². The van der Waals surface area contributed by atoms with Crippen LogP contribution in [0.5, 0.6) is 0 Å². The number of ether oxygens (including phenoxy) is 1. The van der Waals surface area contributed by atoms with Crippen LogP contribution in [0, 0.1) is 0 Å². The van der Waals surface area contributed by atoms with Crippen molar-refractivity contribution in [3.8, 4) is 0 Å². The van der Waals surface area contributed by atoms with Gasteiger partial charge in [-0.2, -0.15) is 0 Å². The number of hydrogen-bond donors (Lipinski definition) is 1. The number of amides is 1. The molecule has 1 unspecified atom stereocenters. The molecular formula is C12H15N4O8PS. The quantitative estimate of drug-likeness (QED) is 0.163. The normalized spacial score (nSPS) is 25.1. The lowest BCUT2D eigenvalue weighted by Crippen LogP contribution is -2.72. The van der Waals surface area contributed by atoms with E-state index in [1.54, 1.807) is 0 Å². The zero-order valence-corrected chi connectivity index (χ0v) is 15.7. The van der Waals surface area contributed by atoms with E-state index in [4.69, 9.17) is 19.3 Å². The largest absolute Gasteiger partial charge is 0.477 e. The van der Waals surface area contributed by atoms with Gasteiger partial charge >= 0.3 is 19.5 Å². The van der Waals surface area contributed by atoms with E-state index in [2.05, 4.69) is 10.0 Å². The number of nitrogens with zero attached hydrogens (tertiary/aromatic N) is 4. The molecule has 1 amide bonds. The number of carbonyl (C=O) groups excluding carboxylic acids is 2. The van der Waals surface area contributed by atoms with Crippen molar-refractivity contribution in [1.29, 1.82) is 0 Å². The second-order valence-corrected chi connectivity index (χ2v) is 8.63. The van der Waals surface area contributed by atoms with Crippen LogP contribution in [-0.4, -0.2) is 65.1 Å². The topological polar surface area (TPSA) is 168 Å². The number of azide groups is 1. The second-order valence-electron chi connectivity index (χ2n) is 5.15. The van der Waals surface area contributed by atoms with Crippen LogP contribution in [0.3, 0.4) is 0 Å². The van der Waals surface area contributed by atoms with Gasteiger partial charge < -0.3 is 18.9 Å². The molecule has 2 heterocycles. The highest BCUT2D eigenvalue weighted by Gasteiger charge is 2.74. The Morgan fingerprint density at radius 3 is 2.58 bits per heavy atom. The number of hydrogen-bond acceptors (Lipinski definition) is 9. The fourth-order valence-corrected chi connectivity index (χ4v) is 6.21. The lowest BCUT2D eigenvalue weighted by Gasteiger charge is -2.55. The first-order valence-corrected chi connectivity index (χ1v) is 9.61. The molecule has 2 rings (SSSR count). The van der Waals surface area contributed by atoms with E-state index in [0.29, 0.717) is 0 Å². The molecule has 0 aromatic heterocycles. The van der Waals surface area contributed by atoms with Gasteiger partial charge in [0.2, 0.25) is 0 Å². The van der Waals surface area contributed by atoms with Gasteiger partial charge in [-0.15, -0.1) is 11.8 Å². The lowest BCUT2D eigenvalue weighted by molar-refractivity contribution is -0.151. The maximum Gasteiger partial charge on any atom is 0.354 e. The van der Waals surface area contributed by atoms with E-state index < -0.39 is 41.8 Å². The van der Waals surface area contributed by atoms with Gasteiger partial charge in [-0.1, -0.05) is 5.11 Å². The van der Waals surface area contributed by atoms with Crippen LogP contribution in [0.4, 0.5) is 0 Å². The van der Waals surface area contributed by atoms with Gasteiger partial charge in [-0.25, -0.2) is 4.79 Å². The van der Waals surface area contributed by atoms with Crippen molar-refractivity contribution in [2.24, 2.45) is 5.11 Å². The summed E-state index contributed by atoms with van der Waals surface area (Å²) in [4.78, 5) is 38.8. The van der Waals surface area contributed by atoms with Crippen LogP contribution in [0.25, 0.3) is 10.4 Å². The van der Waals surface area contributed by atoms with Gasteiger partial charge in [0.25, 0.3) is 11.2 Å². The molecular weight excluding hydrogens is 391 g/mol. The maximum atomic E-state index is 12.9. The molecule has 0 spiro atoms. The monoisotopic (exact) mass is 406 g/mol. The molecule has 14 heteroatoms. The van der Waals surface area contributed by atoms with E-state index in [0.717, 1.165) is 37.8 Å². The third kappa shape index (κ3) is 2.78. The fourth-order valence-electron chi connectivity index (χ4n) is 2.70. The second kappa shape index (κ2) is 7.29. The average molecular weight is 406 g/mol. The summed E-state index contributed by atoms with van der Waals surface area (Å²) in [6.45, 7) is 0.843. The molecule has 1 N–H and O–H groups in total. The summed E-state index contributed by atoms with van der Waals surface area (Å²) >= 11 is 0.998. The highest BCUT2D eigenvalue weighted by atomic mass is 32.2. The number of fused-ring (bicyclic) bond motifs is 1. The highest BCUT2D eigenvalue weighted by molar-refractivity contribution is 8.00. The summed E-state index contributed by atoms with van der Waals surface area (Å²) in [5, 5.41) is 9.56. The number of aliphatic carboxylic acids is 1. The molecule has 2 aliphatic heterocycles. The van der Waals surface area contributed by atoms with Crippen molar-refractivity contribution in [2.75, 3.05) is 26.6 Å². The zero-order valence-electron chi connectivity index (χ0n) is 13.9. The smallest absolute Gasteiger partial charge is 0.354 e. The van der Waals surface area contributed by atoms with Crippen molar-refractivity contribution in [3.05, 3.63) is 21.7 Å². The molecule has 0 saturated carbocycles. The van der Waals surface area contributed by atoms with E-state index in [-0.39, 0.29) is 17.9 Å². The number of β-lactam (4-membered cyclic amide) rings is 1. The van der Waals surface area contributed by atoms with Crippen molar-refractivity contribution in [1.82, 2.24) is 4.90 Å². The van der Waals surface area contributed by atoms with Gasteiger partial charge in [-0.05, 0) is 5.53 Å². The Morgan fingerprint density at radius 2 is 2.12 bits per heavy atom. The molecule has 2 aliphatic rings. The average Bonchev–Trinajstić information content (AvgIpc) is 2.62. The lowest BCUT2D eigenvalue weighted by atomic mass is 10.0. The number of carboxylic acids is 1. The number of rotatable bonds is 7. The molecule has 1 fully saturated rings. The highest BCUT2D eigenvalue weighted by Crippen LogP contribution is 2.69. The number of thioether (sulfide) groups is 1. The Balaban J connectivity index is 2.54. The summed E-state index contributed by atoms with van der Waals surface area (Å²) in [6, 6.07) is 0. The predicted octanol–water partition coefficient (Wildman–Crippen LogP) is 1.30. The molecule has 0 aliphatic carbocycles. The van der Waals surface area contributed by atoms with Crippen LogP contribution in [0.15, 0.2) is 16.4 Å². The zero-order chi connectivity index (χ0) is 19.7. The molecule has 0 radical (unpaired) electrons. The Kier molecular flexibility index (Phi) is 5.69. The van der Waals surface area contributed by atoms with Crippen molar-refractivity contribution < 1.29 is 37.8 Å². The first kappa shape index (κ1) is 20.3. The Hall–Kier alpha value is -2.04. The molecule has 26 heavy (non-hydrogen) atoms. The van der Waals surface area contributed by atoms with E-state index in [1.165, 1.54) is 0 Å². The molecule has 0 bridgehead atoms. The first-order chi connectivity index (χ1) is 12.2. The van der Waals surface area contributed by atoms with E-state index in [9.17, 15) is 24.1 Å². The Morgan fingerprint density at radius 1 is 1.50 bits per heavy atom. The summed E-state index contributed by atoms with van der Waals surface area (Å²) in [7, 11) is -2.16. The van der Waals surface area contributed by atoms with Crippen molar-refractivity contribution in [2.45, 2.75) is 17.6 Å². The van der Waals surface area contributed by atoms with E-state index in [1.807, 2.05) is 0 Å². The molecule has 0 aromatic rings. The van der Waals surface area contributed by atoms with Gasteiger partial charge in [0.15, 0.2) is 0 Å². The fraction of sp³-hybridized carbons (Fsp3) is 0.583. The summed E-state index contributed by atoms with van der Waals surface area (Å²) in [5.41, 5.74) is 8.63.